The summed E-state index contributed by atoms with van der Waals surface area (Å²) in [6.45, 7) is 2.54. The summed E-state index contributed by atoms with van der Waals surface area (Å²) in [5.74, 6) is -0.313. The summed E-state index contributed by atoms with van der Waals surface area (Å²) in [6, 6.07) is 15.9. The zero-order valence-corrected chi connectivity index (χ0v) is 14.6. The molecule has 2 rings (SSSR count). The Hall–Kier alpha value is -2.33. The first-order valence-corrected chi connectivity index (χ1v) is 8.25. The molecular formula is C19H21ClN2O2. The average molecular weight is 345 g/mol. The van der Waals surface area contributed by atoms with Crippen LogP contribution in [0.2, 0.25) is 5.02 Å². The zero-order chi connectivity index (χ0) is 17.5. The lowest BCUT2D eigenvalue weighted by Gasteiger charge is -2.22. The number of hydrogen-bond donors (Lipinski definition) is 1. The van der Waals surface area contributed by atoms with Gasteiger partial charge in [-0.1, -0.05) is 54.1 Å². The van der Waals surface area contributed by atoms with Crippen molar-refractivity contribution in [2.45, 2.75) is 19.4 Å². The molecule has 4 nitrogen and oxygen atoms in total. The normalized spacial score (nSPS) is 11.6. The van der Waals surface area contributed by atoms with Crippen LogP contribution in [0.15, 0.2) is 54.6 Å². The lowest BCUT2D eigenvalue weighted by Crippen LogP contribution is -2.34. The molecule has 126 valence electrons. The number of carbonyl (C=O) groups is 2. The van der Waals surface area contributed by atoms with Gasteiger partial charge in [0.05, 0.1) is 23.0 Å². The molecule has 0 aliphatic carbocycles. The van der Waals surface area contributed by atoms with E-state index in [1.165, 1.54) is 0 Å². The van der Waals surface area contributed by atoms with Gasteiger partial charge in [0.2, 0.25) is 5.91 Å². The molecule has 0 fully saturated rings. The van der Waals surface area contributed by atoms with E-state index in [1.807, 2.05) is 37.3 Å². The van der Waals surface area contributed by atoms with Crippen molar-refractivity contribution in [2.24, 2.45) is 0 Å². The van der Waals surface area contributed by atoms with Gasteiger partial charge >= 0.3 is 0 Å². The Bertz CT molecular complexity index is 704. The third-order valence-corrected chi connectivity index (χ3v) is 4.23. The predicted octanol–water partition coefficient (Wildman–Crippen LogP) is 3.68. The van der Waals surface area contributed by atoms with Gasteiger partial charge in [-0.2, -0.15) is 0 Å². The maximum Gasteiger partial charge on any atom is 0.253 e. The van der Waals surface area contributed by atoms with Gasteiger partial charge in [-0.25, -0.2) is 0 Å². The molecule has 2 amide bonds. The molecule has 0 spiro atoms. The van der Waals surface area contributed by atoms with Crippen LogP contribution < -0.4 is 5.32 Å². The highest BCUT2D eigenvalue weighted by atomic mass is 35.5. The van der Waals surface area contributed by atoms with Crippen LogP contribution in [0.5, 0.6) is 0 Å². The number of carbonyl (C=O) groups excluding carboxylic acids is 2. The van der Waals surface area contributed by atoms with Gasteiger partial charge in [0.1, 0.15) is 0 Å². The molecule has 24 heavy (non-hydrogen) atoms. The van der Waals surface area contributed by atoms with E-state index < -0.39 is 6.04 Å². The summed E-state index contributed by atoms with van der Waals surface area (Å²) in [4.78, 5) is 26.5. The smallest absolute Gasteiger partial charge is 0.253 e. The molecular weight excluding hydrogens is 324 g/mol. The third kappa shape index (κ3) is 4.59. The van der Waals surface area contributed by atoms with Crippen LogP contribution >= 0.6 is 11.6 Å². The Morgan fingerprint density at radius 3 is 2.33 bits per heavy atom. The lowest BCUT2D eigenvalue weighted by atomic mass is 10.0. The van der Waals surface area contributed by atoms with Crippen LogP contribution in [-0.4, -0.2) is 30.3 Å². The van der Waals surface area contributed by atoms with Crippen molar-refractivity contribution < 1.29 is 9.59 Å². The molecule has 0 aliphatic heterocycles. The van der Waals surface area contributed by atoms with Crippen LogP contribution in [0.1, 0.15) is 35.3 Å². The SMILES string of the molecule is CCN(C)C(=O)CC(NC(=O)c1ccccc1Cl)c1ccccc1. The summed E-state index contributed by atoms with van der Waals surface area (Å²) in [7, 11) is 1.75. The van der Waals surface area contributed by atoms with Crippen LogP contribution in [0.3, 0.4) is 0 Å². The molecule has 0 saturated carbocycles. The molecule has 5 heteroatoms. The van der Waals surface area contributed by atoms with Gasteiger partial charge in [0.15, 0.2) is 0 Å². The van der Waals surface area contributed by atoms with E-state index in [1.54, 1.807) is 36.2 Å². The topological polar surface area (TPSA) is 49.4 Å². The highest BCUT2D eigenvalue weighted by Crippen LogP contribution is 2.20. The van der Waals surface area contributed by atoms with Crippen molar-refractivity contribution in [1.82, 2.24) is 10.2 Å². The van der Waals surface area contributed by atoms with E-state index in [4.69, 9.17) is 11.6 Å². The van der Waals surface area contributed by atoms with Crippen LogP contribution in [0.25, 0.3) is 0 Å². The monoisotopic (exact) mass is 344 g/mol. The van der Waals surface area contributed by atoms with Gasteiger partial charge in [0, 0.05) is 13.6 Å². The first-order chi connectivity index (χ1) is 11.5. The van der Waals surface area contributed by atoms with E-state index in [0.29, 0.717) is 17.1 Å². The van der Waals surface area contributed by atoms with E-state index in [9.17, 15) is 9.59 Å². The Labute approximate surface area is 147 Å². The second-order valence-corrected chi connectivity index (χ2v) is 5.94. The largest absolute Gasteiger partial charge is 0.346 e. The number of hydrogen-bond acceptors (Lipinski definition) is 2. The first-order valence-electron chi connectivity index (χ1n) is 7.87. The van der Waals surface area contributed by atoms with Gasteiger partial charge in [-0.3, -0.25) is 9.59 Å². The number of benzene rings is 2. The Morgan fingerprint density at radius 2 is 1.71 bits per heavy atom. The summed E-state index contributed by atoms with van der Waals surface area (Å²) in [6.07, 6.45) is 0.199. The summed E-state index contributed by atoms with van der Waals surface area (Å²) in [5.41, 5.74) is 1.28. The Morgan fingerprint density at radius 1 is 1.08 bits per heavy atom. The number of nitrogens with one attached hydrogen (secondary N) is 1. The predicted molar refractivity (Wildman–Crippen MR) is 96.0 cm³/mol. The van der Waals surface area contributed by atoms with Crippen molar-refractivity contribution >= 4 is 23.4 Å². The standard InChI is InChI=1S/C19H21ClN2O2/c1-3-22(2)18(23)13-17(14-9-5-4-6-10-14)21-19(24)15-11-7-8-12-16(15)20/h4-12,17H,3,13H2,1-2H3,(H,21,24). The molecule has 0 heterocycles. The molecule has 0 radical (unpaired) electrons. The zero-order valence-electron chi connectivity index (χ0n) is 13.8. The van der Waals surface area contributed by atoms with Gasteiger partial charge in [0.25, 0.3) is 5.91 Å². The maximum atomic E-state index is 12.5. The summed E-state index contributed by atoms with van der Waals surface area (Å²) < 4.78 is 0. The highest BCUT2D eigenvalue weighted by Gasteiger charge is 2.21. The van der Waals surface area contributed by atoms with Crippen LogP contribution in [0.4, 0.5) is 0 Å². The molecule has 0 aliphatic rings. The molecule has 0 aromatic heterocycles. The number of amides is 2. The molecule has 1 unspecified atom stereocenters. The molecule has 1 N–H and O–H groups in total. The quantitative estimate of drug-likeness (QED) is 0.869. The molecule has 2 aromatic rings. The average Bonchev–Trinajstić information content (AvgIpc) is 2.61. The fourth-order valence-electron chi connectivity index (χ4n) is 2.33. The Kier molecular flexibility index (Phi) is 6.38. The van der Waals surface area contributed by atoms with Crippen molar-refractivity contribution in [3.05, 3.63) is 70.7 Å². The first kappa shape index (κ1) is 18.0. The minimum absolute atomic E-state index is 0.0224. The van der Waals surface area contributed by atoms with Crippen LogP contribution in [0, 0.1) is 0 Å². The van der Waals surface area contributed by atoms with E-state index >= 15 is 0 Å². The minimum Gasteiger partial charge on any atom is -0.346 e. The number of nitrogens with zero attached hydrogens (tertiary/aromatic N) is 1. The Balaban J connectivity index is 2.22. The van der Waals surface area contributed by atoms with Crippen molar-refractivity contribution in [3.63, 3.8) is 0 Å². The fourth-order valence-corrected chi connectivity index (χ4v) is 2.55. The van der Waals surface area contributed by atoms with Gasteiger partial charge in [-0.15, -0.1) is 0 Å². The van der Waals surface area contributed by atoms with E-state index in [2.05, 4.69) is 5.32 Å². The maximum absolute atomic E-state index is 12.5. The molecule has 2 aromatic carbocycles. The van der Waals surface area contributed by atoms with Gasteiger partial charge < -0.3 is 10.2 Å². The number of halogens is 1. The minimum atomic E-state index is -0.406. The second-order valence-electron chi connectivity index (χ2n) is 5.53. The van der Waals surface area contributed by atoms with E-state index in [0.717, 1.165) is 5.56 Å². The van der Waals surface area contributed by atoms with Crippen molar-refractivity contribution in [3.8, 4) is 0 Å². The molecule has 0 saturated heterocycles. The van der Waals surface area contributed by atoms with Crippen LogP contribution in [-0.2, 0) is 4.79 Å². The highest BCUT2D eigenvalue weighted by molar-refractivity contribution is 6.33. The van der Waals surface area contributed by atoms with Gasteiger partial charge in [-0.05, 0) is 24.6 Å². The van der Waals surface area contributed by atoms with Crippen molar-refractivity contribution in [1.29, 1.82) is 0 Å². The molecule has 1 atom stereocenters. The summed E-state index contributed by atoms with van der Waals surface area (Å²) in [5, 5.41) is 3.32. The van der Waals surface area contributed by atoms with Crippen molar-refractivity contribution in [2.75, 3.05) is 13.6 Å². The van der Waals surface area contributed by atoms with E-state index in [-0.39, 0.29) is 18.2 Å². The lowest BCUT2D eigenvalue weighted by molar-refractivity contribution is -0.130. The molecule has 0 bridgehead atoms. The summed E-state index contributed by atoms with van der Waals surface area (Å²) >= 11 is 6.09. The third-order valence-electron chi connectivity index (χ3n) is 3.90. The fraction of sp³-hybridized carbons (Fsp3) is 0.263. The second kappa shape index (κ2) is 8.50. The number of rotatable bonds is 6.